The first-order valence-corrected chi connectivity index (χ1v) is 8.28. The number of fused-ring (bicyclic) bond motifs is 3. The number of nitrogens with one attached hydrogen (secondary N) is 1. The van der Waals surface area contributed by atoms with E-state index >= 15 is 0 Å². The van der Waals surface area contributed by atoms with Gasteiger partial charge in [0.1, 0.15) is 12.1 Å². The summed E-state index contributed by atoms with van der Waals surface area (Å²) >= 11 is 1.40. The van der Waals surface area contributed by atoms with E-state index in [0.29, 0.717) is 16.3 Å². The molecule has 0 aliphatic rings. The number of carbonyl (C=O) groups is 1. The predicted molar refractivity (Wildman–Crippen MR) is 92.8 cm³/mol. The second-order valence-corrected chi connectivity index (χ2v) is 6.70. The molecule has 9 nitrogen and oxygen atoms in total. The number of amides is 1. The minimum Gasteiger partial charge on any atom is -0.304 e. The second kappa shape index (κ2) is 5.74. The Bertz CT molecular complexity index is 1150. The number of pyridine rings is 1. The van der Waals surface area contributed by atoms with Gasteiger partial charge in [-0.15, -0.1) is 21.5 Å². The van der Waals surface area contributed by atoms with Crippen molar-refractivity contribution in [3.05, 3.63) is 45.5 Å². The normalized spacial score (nSPS) is 11.3. The summed E-state index contributed by atoms with van der Waals surface area (Å²) in [5.41, 5.74) is 1.73. The Morgan fingerprint density at radius 2 is 2.12 bits per heavy atom. The molecular formula is C15H13N7O2S. The van der Waals surface area contributed by atoms with E-state index in [-0.39, 0.29) is 18.0 Å². The van der Waals surface area contributed by atoms with Gasteiger partial charge in [0.05, 0.1) is 11.9 Å². The van der Waals surface area contributed by atoms with Crippen LogP contribution >= 0.6 is 11.3 Å². The molecular weight excluding hydrogens is 342 g/mol. The Kier molecular flexibility index (Phi) is 3.53. The summed E-state index contributed by atoms with van der Waals surface area (Å²) in [6, 6.07) is 3.39. The Morgan fingerprint density at radius 3 is 2.88 bits per heavy atom. The van der Waals surface area contributed by atoms with Crippen LogP contribution in [-0.4, -0.2) is 35.3 Å². The van der Waals surface area contributed by atoms with Crippen LogP contribution < -0.4 is 10.9 Å². The SMILES string of the molecule is Cc1nc(NC(=O)Cn2ccc3c(nnc4ccnn43)c2=O)sc1C. The van der Waals surface area contributed by atoms with Crippen molar-refractivity contribution < 1.29 is 4.79 Å². The molecule has 0 saturated carbocycles. The van der Waals surface area contributed by atoms with Crippen LogP contribution in [0, 0.1) is 13.8 Å². The molecule has 0 aromatic carbocycles. The number of hydrogen-bond acceptors (Lipinski definition) is 7. The Morgan fingerprint density at radius 1 is 1.28 bits per heavy atom. The van der Waals surface area contributed by atoms with Gasteiger partial charge in [0.25, 0.3) is 5.56 Å². The fourth-order valence-electron chi connectivity index (χ4n) is 2.44. The smallest absolute Gasteiger partial charge is 0.281 e. The summed E-state index contributed by atoms with van der Waals surface area (Å²) < 4.78 is 2.82. The number of nitrogens with zero attached hydrogens (tertiary/aromatic N) is 6. The Labute approximate surface area is 145 Å². The number of anilines is 1. The van der Waals surface area contributed by atoms with Gasteiger partial charge in [-0.05, 0) is 19.9 Å². The highest BCUT2D eigenvalue weighted by Gasteiger charge is 2.13. The van der Waals surface area contributed by atoms with Crippen LogP contribution in [0.2, 0.25) is 0 Å². The van der Waals surface area contributed by atoms with E-state index in [1.165, 1.54) is 20.4 Å². The van der Waals surface area contributed by atoms with Gasteiger partial charge in [-0.25, -0.2) is 9.50 Å². The fourth-order valence-corrected chi connectivity index (χ4v) is 3.27. The minimum absolute atomic E-state index is 0.134. The van der Waals surface area contributed by atoms with E-state index in [0.717, 1.165) is 10.6 Å². The molecule has 126 valence electrons. The first kappa shape index (κ1) is 15.4. The van der Waals surface area contributed by atoms with Crippen LogP contribution in [0.3, 0.4) is 0 Å². The third kappa shape index (κ3) is 2.66. The summed E-state index contributed by atoms with van der Waals surface area (Å²) in [5.74, 6) is -0.330. The zero-order valence-corrected chi connectivity index (χ0v) is 14.2. The maximum Gasteiger partial charge on any atom is 0.281 e. The molecule has 1 N–H and O–H groups in total. The van der Waals surface area contributed by atoms with E-state index in [4.69, 9.17) is 0 Å². The molecule has 4 aromatic rings. The zero-order valence-electron chi connectivity index (χ0n) is 13.4. The molecule has 0 aliphatic carbocycles. The van der Waals surface area contributed by atoms with Crippen LogP contribution in [0.1, 0.15) is 10.6 Å². The van der Waals surface area contributed by atoms with E-state index in [1.54, 1.807) is 24.5 Å². The topological polar surface area (TPSA) is 107 Å². The number of thiazole rings is 1. The molecule has 25 heavy (non-hydrogen) atoms. The largest absolute Gasteiger partial charge is 0.304 e. The zero-order chi connectivity index (χ0) is 17.6. The highest BCUT2D eigenvalue weighted by atomic mass is 32.1. The van der Waals surface area contributed by atoms with E-state index in [9.17, 15) is 9.59 Å². The molecule has 0 saturated heterocycles. The van der Waals surface area contributed by atoms with Crippen LogP contribution in [0.25, 0.3) is 16.7 Å². The number of aromatic nitrogens is 6. The summed E-state index contributed by atoms with van der Waals surface area (Å²) in [7, 11) is 0. The van der Waals surface area contributed by atoms with Crippen molar-refractivity contribution in [1.82, 2.24) is 29.4 Å². The van der Waals surface area contributed by atoms with Gasteiger partial charge in [0.2, 0.25) is 5.91 Å². The number of carbonyl (C=O) groups excluding carboxylic acids is 1. The molecule has 4 rings (SSSR count). The average Bonchev–Trinajstić information content (AvgIpc) is 3.17. The number of aryl methyl sites for hydroxylation is 2. The van der Waals surface area contributed by atoms with Crippen molar-refractivity contribution in [2.45, 2.75) is 20.4 Å². The predicted octanol–water partition coefficient (Wildman–Crippen LogP) is 1.15. The third-order valence-electron chi connectivity index (χ3n) is 3.81. The molecule has 0 atom stereocenters. The maximum atomic E-state index is 12.6. The lowest BCUT2D eigenvalue weighted by molar-refractivity contribution is -0.116. The van der Waals surface area contributed by atoms with Gasteiger partial charge in [-0.3, -0.25) is 9.59 Å². The number of rotatable bonds is 3. The van der Waals surface area contributed by atoms with Gasteiger partial charge >= 0.3 is 0 Å². The van der Waals surface area contributed by atoms with E-state index in [1.807, 2.05) is 13.8 Å². The molecule has 10 heteroatoms. The van der Waals surface area contributed by atoms with Crippen LogP contribution in [0.5, 0.6) is 0 Å². The van der Waals surface area contributed by atoms with Gasteiger partial charge in [-0.1, -0.05) is 0 Å². The summed E-state index contributed by atoms with van der Waals surface area (Å²) in [5, 5.41) is 15.3. The van der Waals surface area contributed by atoms with Gasteiger partial charge in [0.15, 0.2) is 16.3 Å². The van der Waals surface area contributed by atoms with Crippen molar-refractivity contribution in [2.24, 2.45) is 0 Å². The average molecular weight is 355 g/mol. The van der Waals surface area contributed by atoms with Gasteiger partial charge < -0.3 is 9.88 Å². The summed E-state index contributed by atoms with van der Waals surface area (Å²) in [6.07, 6.45) is 3.13. The second-order valence-electron chi connectivity index (χ2n) is 5.49. The van der Waals surface area contributed by atoms with Crippen molar-refractivity contribution in [1.29, 1.82) is 0 Å². The molecule has 0 bridgehead atoms. The standard InChI is InChI=1S/C15H13N7O2S/c1-8-9(2)25-15(17-8)18-12(23)7-21-6-4-10-13(14(21)24)20-19-11-3-5-16-22(10)11/h3-6H,7H2,1-2H3,(H,17,18,23). The summed E-state index contributed by atoms with van der Waals surface area (Å²) in [4.78, 5) is 30.1. The lowest BCUT2D eigenvalue weighted by Crippen LogP contribution is -2.28. The number of hydrogen-bond donors (Lipinski definition) is 1. The van der Waals surface area contributed by atoms with Crippen LogP contribution in [0.4, 0.5) is 5.13 Å². The van der Waals surface area contributed by atoms with Crippen molar-refractivity contribution in [3.63, 3.8) is 0 Å². The monoisotopic (exact) mass is 355 g/mol. The minimum atomic E-state index is -0.399. The lowest BCUT2D eigenvalue weighted by atomic mass is 10.3. The van der Waals surface area contributed by atoms with Crippen molar-refractivity contribution in [2.75, 3.05) is 5.32 Å². The highest BCUT2D eigenvalue weighted by molar-refractivity contribution is 7.15. The molecule has 1 amide bonds. The maximum absolute atomic E-state index is 12.6. The van der Waals surface area contributed by atoms with Crippen molar-refractivity contribution in [3.8, 4) is 0 Å². The highest BCUT2D eigenvalue weighted by Crippen LogP contribution is 2.20. The molecule has 4 heterocycles. The van der Waals surface area contributed by atoms with Crippen molar-refractivity contribution >= 4 is 39.1 Å². The van der Waals surface area contributed by atoms with Gasteiger partial charge in [-0.2, -0.15) is 5.10 Å². The van der Waals surface area contributed by atoms with Gasteiger partial charge in [0, 0.05) is 17.1 Å². The molecule has 4 aromatic heterocycles. The fraction of sp³-hybridized carbons (Fsp3) is 0.200. The first-order chi connectivity index (χ1) is 12.0. The molecule has 0 spiro atoms. The Balaban J connectivity index is 1.65. The third-order valence-corrected chi connectivity index (χ3v) is 4.80. The molecule has 0 unspecified atom stereocenters. The Hall–Kier alpha value is -3.14. The lowest BCUT2D eigenvalue weighted by Gasteiger charge is -2.07. The molecule has 0 fully saturated rings. The van der Waals surface area contributed by atoms with E-state index in [2.05, 4.69) is 25.6 Å². The first-order valence-electron chi connectivity index (χ1n) is 7.46. The molecule has 0 radical (unpaired) electrons. The quantitative estimate of drug-likeness (QED) is 0.591. The van der Waals surface area contributed by atoms with Crippen LogP contribution in [0.15, 0.2) is 29.3 Å². The molecule has 0 aliphatic heterocycles. The van der Waals surface area contributed by atoms with E-state index < -0.39 is 5.56 Å². The van der Waals surface area contributed by atoms with Crippen LogP contribution in [-0.2, 0) is 11.3 Å². The summed E-state index contributed by atoms with van der Waals surface area (Å²) in [6.45, 7) is 3.68.